The standard InChI is InChI=1S/C20H14ClN3O3/c21-17-3-1-2-4-19(17)26-13-20(25)24-23-12-16-9-10-18(27-16)15-7-5-14(11-22)6-8-15/h1-10,12H,13H2,(H,24,25)/b23-12+. The van der Waals surface area contributed by atoms with Crippen LogP contribution in [0.15, 0.2) is 70.2 Å². The second-order valence-corrected chi connectivity index (χ2v) is 5.81. The molecule has 0 saturated heterocycles. The molecule has 0 aliphatic rings. The minimum absolute atomic E-state index is 0.213. The van der Waals surface area contributed by atoms with Crippen LogP contribution in [0.3, 0.4) is 0 Å². The summed E-state index contributed by atoms with van der Waals surface area (Å²) < 4.78 is 11.0. The molecule has 0 radical (unpaired) electrons. The molecule has 3 rings (SSSR count). The molecule has 1 amide bonds. The average molecular weight is 380 g/mol. The average Bonchev–Trinajstić information content (AvgIpc) is 3.16. The van der Waals surface area contributed by atoms with E-state index in [1.807, 2.05) is 0 Å². The monoisotopic (exact) mass is 379 g/mol. The largest absolute Gasteiger partial charge is 0.482 e. The van der Waals surface area contributed by atoms with Gasteiger partial charge in [-0.1, -0.05) is 23.7 Å². The van der Waals surface area contributed by atoms with Gasteiger partial charge >= 0.3 is 0 Å². The molecule has 1 heterocycles. The van der Waals surface area contributed by atoms with Gasteiger partial charge in [0.1, 0.15) is 17.3 Å². The van der Waals surface area contributed by atoms with Crippen molar-refractivity contribution in [2.45, 2.75) is 0 Å². The summed E-state index contributed by atoms with van der Waals surface area (Å²) in [4.78, 5) is 11.8. The van der Waals surface area contributed by atoms with Gasteiger partial charge in [0.05, 0.1) is 22.9 Å². The SMILES string of the molecule is N#Cc1ccc(-c2ccc(/C=N/NC(=O)COc3ccccc3Cl)o2)cc1. The van der Waals surface area contributed by atoms with E-state index in [1.165, 1.54) is 6.21 Å². The maximum Gasteiger partial charge on any atom is 0.277 e. The number of carbonyl (C=O) groups is 1. The van der Waals surface area contributed by atoms with Crippen molar-refractivity contribution < 1.29 is 13.9 Å². The Kier molecular flexibility index (Phi) is 5.87. The predicted octanol–water partition coefficient (Wildman–Crippen LogP) is 4.00. The maximum absolute atomic E-state index is 11.8. The van der Waals surface area contributed by atoms with Crippen molar-refractivity contribution in [3.05, 3.63) is 77.0 Å². The Morgan fingerprint density at radius 3 is 2.70 bits per heavy atom. The Bertz CT molecular complexity index is 1000. The van der Waals surface area contributed by atoms with E-state index in [0.717, 1.165) is 5.56 Å². The Labute approximate surface area is 160 Å². The highest BCUT2D eigenvalue weighted by molar-refractivity contribution is 6.32. The quantitative estimate of drug-likeness (QED) is 0.518. The summed E-state index contributed by atoms with van der Waals surface area (Å²) in [7, 11) is 0. The Hall–Kier alpha value is -3.56. The fourth-order valence-corrected chi connectivity index (χ4v) is 2.38. The molecule has 6 nitrogen and oxygen atoms in total. The van der Waals surface area contributed by atoms with Gasteiger partial charge in [0.15, 0.2) is 6.61 Å². The van der Waals surface area contributed by atoms with E-state index in [1.54, 1.807) is 60.7 Å². The van der Waals surface area contributed by atoms with Gasteiger partial charge < -0.3 is 9.15 Å². The van der Waals surface area contributed by atoms with E-state index in [4.69, 9.17) is 26.0 Å². The number of ether oxygens (including phenoxy) is 1. The van der Waals surface area contributed by atoms with Crippen LogP contribution in [0.2, 0.25) is 5.02 Å². The number of hydrazone groups is 1. The van der Waals surface area contributed by atoms with E-state index >= 15 is 0 Å². The number of benzene rings is 2. The Balaban J connectivity index is 1.52. The summed E-state index contributed by atoms with van der Waals surface area (Å²) in [5, 5.41) is 13.1. The van der Waals surface area contributed by atoms with Crippen molar-refractivity contribution in [2.75, 3.05) is 6.61 Å². The molecule has 0 aliphatic heterocycles. The first kappa shape index (κ1) is 18.2. The lowest BCUT2D eigenvalue weighted by atomic mass is 10.1. The minimum atomic E-state index is -0.426. The molecule has 3 aromatic rings. The lowest BCUT2D eigenvalue weighted by Gasteiger charge is -2.06. The van der Waals surface area contributed by atoms with Crippen LogP contribution in [0.1, 0.15) is 11.3 Å². The van der Waals surface area contributed by atoms with E-state index < -0.39 is 5.91 Å². The number of carbonyl (C=O) groups excluding carboxylic acids is 1. The summed E-state index contributed by atoms with van der Waals surface area (Å²) in [6.45, 7) is -0.213. The highest BCUT2D eigenvalue weighted by atomic mass is 35.5. The molecule has 134 valence electrons. The number of halogens is 1. The van der Waals surface area contributed by atoms with Crippen LogP contribution in [0.25, 0.3) is 11.3 Å². The smallest absolute Gasteiger partial charge is 0.277 e. The van der Waals surface area contributed by atoms with Crippen molar-refractivity contribution in [1.29, 1.82) is 5.26 Å². The van der Waals surface area contributed by atoms with Gasteiger partial charge in [0.25, 0.3) is 5.91 Å². The number of nitrogens with one attached hydrogen (secondary N) is 1. The number of furan rings is 1. The number of hydrogen-bond acceptors (Lipinski definition) is 5. The topological polar surface area (TPSA) is 87.6 Å². The van der Waals surface area contributed by atoms with Gasteiger partial charge in [-0.25, -0.2) is 5.43 Å². The van der Waals surface area contributed by atoms with E-state index in [2.05, 4.69) is 16.6 Å². The third-order valence-electron chi connectivity index (χ3n) is 3.50. The summed E-state index contributed by atoms with van der Waals surface area (Å²) >= 11 is 5.95. The van der Waals surface area contributed by atoms with E-state index in [9.17, 15) is 4.79 Å². The number of rotatable bonds is 6. The van der Waals surface area contributed by atoms with Gasteiger partial charge in [-0.3, -0.25) is 4.79 Å². The highest BCUT2D eigenvalue weighted by Gasteiger charge is 2.06. The van der Waals surface area contributed by atoms with E-state index in [0.29, 0.717) is 27.9 Å². The van der Waals surface area contributed by atoms with Gasteiger partial charge in [-0.15, -0.1) is 0 Å². The first-order valence-corrected chi connectivity index (χ1v) is 8.33. The van der Waals surface area contributed by atoms with Crippen LogP contribution < -0.4 is 10.2 Å². The second-order valence-electron chi connectivity index (χ2n) is 5.40. The van der Waals surface area contributed by atoms with Crippen LogP contribution in [-0.4, -0.2) is 18.7 Å². The molecule has 0 unspecified atom stereocenters. The van der Waals surface area contributed by atoms with Gasteiger partial charge in [-0.05, 0) is 48.5 Å². The maximum atomic E-state index is 11.8. The molecule has 1 N–H and O–H groups in total. The van der Waals surface area contributed by atoms with Gasteiger partial charge in [0.2, 0.25) is 0 Å². The molecule has 27 heavy (non-hydrogen) atoms. The number of hydrogen-bond donors (Lipinski definition) is 1. The summed E-state index contributed by atoms with van der Waals surface area (Å²) in [6, 6.07) is 19.5. The van der Waals surface area contributed by atoms with Crippen LogP contribution in [0.4, 0.5) is 0 Å². The molecule has 0 aliphatic carbocycles. The fourth-order valence-electron chi connectivity index (χ4n) is 2.19. The molecule has 0 spiro atoms. The molecule has 0 fully saturated rings. The van der Waals surface area contributed by atoms with Crippen molar-refractivity contribution in [3.63, 3.8) is 0 Å². The van der Waals surface area contributed by atoms with Crippen LogP contribution in [0, 0.1) is 11.3 Å². The Morgan fingerprint density at radius 2 is 1.96 bits per heavy atom. The first-order chi connectivity index (χ1) is 13.2. The summed E-state index contributed by atoms with van der Waals surface area (Å²) in [5.74, 6) is 1.11. The normalized spacial score (nSPS) is 10.5. The van der Waals surface area contributed by atoms with Crippen LogP contribution >= 0.6 is 11.6 Å². The molecule has 1 aromatic heterocycles. The molecular weight excluding hydrogens is 366 g/mol. The molecular formula is C20H14ClN3O3. The third-order valence-corrected chi connectivity index (χ3v) is 3.81. The minimum Gasteiger partial charge on any atom is -0.482 e. The Morgan fingerprint density at radius 1 is 1.19 bits per heavy atom. The lowest BCUT2D eigenvalue weighted by Crippen LogP contribution is -2.24. The van der Waals surface area contributed by atoms with Gasteiger partial charge in [0, 0.05) is 5.56 Å². The summed E-state index contributed by atoms with van der Waals surface area (Å²) in [6.07, 6.45) is 1.39. The zero-order chi connectivity index (χ0) is 19.1. The highest BCUT2D eigenvalue weighted by Crippen LogP contribution is 2.23. The lowest BCUT2D eigenvalue weighted by molar-refractivity contribution is -0.123. The third kappa shape index (κ3) is 4.97. The molecule has 2 aromatic carbocycles. The molecule has 0 saturated carbocycles. The zero-order valence-electron chi connectivity index (χ0n) is 14.1. The van der Waals surface area contributed by atoms with Crippen molar-refractivity contribution in [3.8, 4) is 23.1 Å². The van der Waals surface area contributed by atoms with Crippen LogP contribution in [0.5, 0.6) is 5.75 Å². The number of nitriles is 1. The van der Waals surface area contributed by atoms with Gasteiger partial charge in [-0.2, -0.15) is 10.4 Å². The van der Waals surface area contributed by atoms with Crippen molar-refractivity contribution in [2.24, 2.45) is 5.10 Å². The van der Waals surface area contributed by atoms with Crippen molar-refractivity contribution >= 4 is 23.7 Å². The number of para-hydroxylation sites is 1. The molecule has 7 heteroatoms. The second kappa shape index (κ2) is 8.70. The zero-order valence-corrected chi connectivity index (χ0v) is 14.8. The van der Waals surface area contributed by atoms with Crippen molar-refractivity contribution in [1.82, 2.24) is 5.43 Å². The fraction of sp³-hybridized carbons (Fsp3) is 0.0500. The molecule has 0 atom stereocenters. The van der Waals surface area contributed by atoms with E-state index in [-0.39, 0.29) is 6.61 Å². The number of nitrogens with zero attached hydrogens (tertiary/aromatic N) is 2. The predicted molar refractivity (Wildman–Crippen MR) is 102 cm³/mol. The summed E-state index contributed by atoms with van der Waals surface area (Å²) in [5.41, 5.74) is 3.77. The first-order valence-electron chi connectivity index (χ1n) is 7.95. The number of amides is 1. The van der Waals surface area contributed by atoms with Crippen LogP contribution in [-0.2, 0) is 4.79 Å². The molecule has 0 bridgehead atoms.